The average Bonchev–Trinajstić information content (AvgIpc) is 3.17. The van der Waals surface area contributed by atoms with Crippen LogP contribution in [0, 0.1) is 5.92 Å². The summed E-state index contributed by atoms with van der Waals surface area (Å²) in [4.78, 5) is 25.2. The Hall–Kier alpha value is -2.75. The first kappa shape index (κ1) is 25.9. The Bertz CT molecular complexity index is 1170. The van der Waals surface area contributed by atoms with E-state index in [1.807, 2.05) is 13.8 Å². The van der Waals surface area contributed by atoms with Crippen molar-refractivity contribution in [2.24, 2.45) is 13.0 Å². The van der Waals surface area contributed by atoms with Gasteiger partial charge in [-0.25, -0.2) is 0 Å². The van der Waals surface area contributed by atoms with Crippen molar-refractivity contribution in [2.45, 2.75) is 25.0 Å². The monoisotopic (exact) mass is 521 g/mol. The minimum absolute atomic E-state index is 0.0332. The van der Waals surface area contributed by atoms with Crippen LogP contribution < -0.4 is 15.4 Å². The average molecular weight is 522 g/mol. The van der Waals surface area contributed by atoms with E-state index < -0.39 is 6.04 Å². The van der Waals surface area contributed by atoms with Crippen LogP contribution in [0.15, 0.2) is 47.6 Å². The Morgan fingerprint density at radius 3 is 2.41 bits per heavy atom. The quantitative estimate of drug-likeness (QED) is 0.385. The lowest BCUT2D eigenvalue weighted by molar-refractivity contribution is -0.113. The molecule has 0 aliphatic rings. The molecule has 0 fully saturated rings. The van der Waals surface area contributed by atoms with Crippen LogP contribution in [0.3, 0.4) is 0 Å². The van der Waals surface area contributed by atoms with Gasteiger partial charge in [-0.05, 0) is 48.4 Å². The van der Waals surface area contributed by atoms with Gasteiger partial charge in [-0.3, -0.25) is 9.59 Å². The molecule has 0 aliphatic carbocycles. The summed E-state index contributed by atoms with van der Waals surface area (Å²) in [6, 6.07) is 11.4. The lowest BCUT2D eigenvalue weighted by atomic mass is 10.0. The first-order valence-electron chi connectivity index (χ1n) is 10.4. The lowest BCUT2D eigenvalue weighted by Gasteiger charge is -2.22. The summed E-state index contributed by atoms with van der Waals surface area (Å²) in [6.07, 6.45) is 0. The molecule has 0 radical (unpaired) electrons. The number of anilines is 1. The summed E-state index contributed by atoms with van der Waals surface area (Å²) < 4.78 is 6.90. The van der Waals surface area contributed by atoms with Gasteiger partial charge >= 0.3 is 0 Å². The fourth-order valence-corrected chi connectivity index (χ4v) is 4.13. The summed E-state index contributed by atoms with van der Waals surface area (Å²) in [5, 5.41) is 15.6. The molecule has 1 heterocycles. The molecule has 0 unspecified atom stereocenters. The van der Waals surface area contributed by atoms with Crippen molar-refractivity contribution in [1.82, 2.24) is 20.1 Å². The van der Waals surface area contributed by atoms with Crippen molar-refractivity contribution < 1.29 is 14.3 Å². The Kier molecular flexibility index (Phi) is 8.82. The Labute approximate surface area is 212 Å². The smallest absolute Gasteiger partial charge is 0.251 e. The third-order valence-electron chi connectivity index (χ3n) is 4.99. The number of hydrogen-bond acceptors (Lipinski definition) is 6. The predicted octanol–water partition coefficient (Wildman–Crippen LogP) is 4.99. The summed E-state index contributed by atoms with van der Waals surface area (Å²) in [6.45, 7) is 3.95. The molecule has 0 saturated carbocycles. The molecule has 180 valence electrons. The maximum Gasteiger partial charge on any atom is 0.251 e. The molecular formula is C23H25Cl2N5O3S. The predicted molar refractivity (Wildman–Crippen MR) is 135 cm³/mol. The van der Waals surface area contributed by atoms with E-state index in [4.69, 9.17) is 27.9 Å². The Morgan fingerprint density at radius 2 is 1.79 bits per heavy atom. The molecule has 0 aliphatic heterocycles. The molecule has 8 nitrogen and oxygen atoms in total. The molecular weight excluding hydrogens is 497 g/mol. The zero-order valence-electron chi connectivity index (χ0n) is 19.1. The van der Waals surface area contributed by atoms with Crippen LogP contribution >= 0.6 is 35.0 Å². The number of aromatic nitrogens is 3. The minimum Gasteiger partial charge on any atom is -0.497 e. The van der Waals surface area contributed by atoms with Crippen molar-refractivity contribution >= 4 is 52.5 Å². The lowest BCUT2D eigenvalue weighted by Crippen LogP contribution is -2.33. The SMILES string of the molecule is COc1ccc(NC(=O)CSc2nnc([C@@H](NC(=O)c3ccc(Cl)c(Cl)c3)C(C)C)n2C)cc1. The first-order valence-corrected chi connectivity index (χ1v) is 12.2. The standard InChI is InChI=1S/C23H25Cl2N5O3S/c1-13(2)20(27-22(32)14-5-10-17(24)18(25)11-14)21-28-29-23(30(21)3)34-12-19(31)26-15-6-8-16(33-4)9-7-15/h5-11,13,20H,12H2,1-4H3,(H,26,31)(H,27,32)/t20-/m0/s1. The van der Waals surface area contributed by atoms with E-state index in [0.717, 1.165) is 0 Å². The number of amides is 2. The van der Waals surface area contributed by atoms with Crippen molar-refractivity contribution in [3.05, 3.63) is 63.9 Å². The molecule has 1 aromatic heterocycles. The molecule has 3 aromatic rings. The third kappa shape index (κ3) is 6.43. The second-order valence-electron chi connectivity index (χ2n) is 7.79. The highest BCUT2D eigenvalue weighted by Crippen LogP contribution is 2.26. The van der Waals surface area contributed by atoms with Crippen LogP contribution in [0.25, 0.3) is 0 Å². The van der Waals surface area contributed by atoms with E-state index in [1.165, 1.54) is 17.8 Å². The van der Waals surface area contributed by atoms with Gasteiger partial charge in [0.05, 0.1) is 28.9 Å². The largest absolute Gasteiger partial charge is 0.497 e. The first-order chi connectivity index (χ1) is 16.2. The van der Waals surface area contributed by atoms with Crippen molar-refractivity contribution in [3.8, 4) is 5.75 Å². The highest BCUT2D eigenvalue weighted by Gasteiger charge is 2.25. The van der Waals surface area contributed by atoms with Gasteiger partial charge in [-0.15, -0.1) is 10.2 Å². The van der Waals surface area contributed by atoms with Gasteiger partial charge < -0.3 is 19.9 Å². The van der Waals surface area contributed by atoms with Gasteiger partial charge in [0.1, 0.15) is 5.75 Å². The number of ether oxygens (including phenoxy) is 1. The molecule has 1 atom stereocenters. The number of halogens is 2. The molecule has 34 heavy (non-hydrogen) atoms. The van der Waals surface area contributed by atoms with E-state index in [2.05, 4.69) is 20.8 Å². The van der Waals surface area contributed by atoms with Crippen LogP contribution in [0.4, 0.5) is 5.69 Å². The van der Waals surface area contributed by atoms with Crippen molar-refractivity contribution in [2.75, 3.05) is 18.2 Å². The minimum atomic E-state index is -0.401. The zero-order chi connectivity index (χ0) is 24.8. The summed E-state index contributed by atoms with van der Waals surface area (Å²) in [7, 11) is 3.39. The fraction of sp³-hybridized carbons (Fsp3) is 0.304. The van der Waals surface area contributed by atoms with E-state index in [1.54, 1.807) is 55.1 Å². The van der Waals surface area contributed by atoms with Gasteiger partial charge in [-0.1, -0.05) is 48.8 Å². The third-order valence-corrected chi connectivity index (χ3v) is 6.75. The van der Waals surface area contributed by atoms with Crippen molar-refractivity contribution in [3.63, 3.8) is 0 Å². The van der Waals surface area contributed by atoms with Crippen LogP contribution in [0.1, 0.15) is 36.1 Å². The van der Waals surface area contributed by atoms with Crippen LogP contribution in [-0.2, 0) is 11.8 Å². The molecule has 0 bridgehead atoms. The number of carbonyl (C=O) groups is 2. The number of carbonyl (C=O) groups excluding carboxylic acids is 2. The topological polar surface area (TPSA) is 98.1 Å². The normalized spacial score (nSPS) is 11.9. The van der Waals surface area contributed by atoms with Gasteiger partial charge in [0, 0.05) is 18.3 Å². The van der Waals surface area contributed by atoms with Crippen molar-refractivity contribution in [1.29, 1.82) is 0 Å². The van der Waals surface area contributed by atoms with E-state index in [9.17, 15) is 9.59 Å². The summed E-state index contributed by atoms with van der Waals surface area (Å²) in [5.41, 5.74) is 1.07. The molecule has 2 amide bonds. The maximum atomic E-state index is 12.8. The fourth-order valence-electron chi connectivity index (χ4n) is 3.12. The van der Waals surface area contributed by atoms with Crippen LogP contribution in [0.2, 0.25) is 10.0 Å². The van der Waals surface area contributed by atoms with Crippen LogP contribution in [-0.4, -0.2) is 39.4 Å². The summed E-state index contributed by atoms with van der Waals surface area (Å²) >= 11 is 13.3. The van der Waals surface area contributed by atoms with E-state index in [0.29, 0.717) is 38.0 Å². The number of benzene rings is 2. The van der Waals surface area contributed by atoms with E-state index >= 15 is 0 Å². The molecule has 0 saturated heterocycles. The number of nitrogens with zero attached hydrogens (tertiary/aromatic N) is 3. The van der Waals surface area contributed by atoms with Gasteiger partial charge in [-0.2, -0.15) is 0 Å². The van der Waals surface area contributed by atoms with Gasteiger partial charge in [0.25, 0.3) is 5.91 Å². The number of hydrogen-bond donors (Lipinski definition) is 2. The maximum absolute atomic E-state index is 12.8. The number of methoxy groups -OCH3 is 1. The zero-order valence-corrected chi connectivity index (χ0v) is 21.5. The molecule has 0 spiro atoms. The Morgan fingerprint density at radius 1 is 1.09 bits per heavy atom. The highest BCUT2D eigenvalue weighted by molar-refractivity contribution is 7.99. The molecule has 2 aromatic carbocycles. The van der Waals surface area contributed by atoms with Gasteiger partial charge in [0.2, 0.25) is 5.91 Å². The number of thioether (sulfide) groups is 1. The second-order valence-corrected chi connectivity index (χ2v) is 9.55. The Balaban J connectivity index is 1.65. The highest BCUT2D eigenvalue weighted by atomic mass is 35.5. The molecule has 2 N–H and O–H groups in total. The van der Waals surface area contributed by atoms with E-state index in [-0.39, 0.29) is 23.5 Å². The number of rotatable bonds is 9. The molecule has 3 rings (SSSR count). The summed E-state index contributed by atoms with van der Waals surface area (Å²) in [5.74, 6) is 1.01. The number of nitrogens with one attached hydrogen (secondary N) is 2. The van der Waals surface area contributed by atoms with Gasteiger partial charge in [0.15, 0.2) is 11.0 Å². The second kappa shape index (κ2) is 11.6. The van der Waals surface area contributed by atoms with Crippen LogP contribution in [0.5, 0.6) is 5.75 Å². The molecule has 11 heteroatoms.